The van der Waals surface area contributed by atoms with Gasteiger partial charge in [0.2, 0.25) is 0 Å². The number of carbonyl (C=O) groups is 1. The highest BCUT2D eigenvalue weighted by Gasteiger charge is 2.12. The fraction of sp³-hybridized carbons (Fsp3) is 0.286. The smallest absolute Gasteiger partial charge is 0.395 e. The van der Waals surface area contributed by atoms with E-state index in [0.29, 0.717) is 24.7 Å². The third kappa shape index (κ3) is 9.08. The molecule has 0 spiro atoms. The van der Waals surface area contributed by atoms with Crippen molar-refractivity contribution in [2.75, 3.05) is 13.2 Å². The predicted molar refractivity (Wildman–Crippen MR) is 158 cm³/mol. The molecule has 0 heterocycles. The molecule has 40 heavy (non-hydrogen) atoms. The van der Waals surface area contributed by atoms with Crippen molar-refractivity contribution in [3.05, 3.63) is 131 Å². The van der Waals surface area contributed by atoms with Crippen molar-refractivity contribution in [3.63, 3.8) is 0 Å². The highest BCUT2D eigenvalue weighted by atomic mass is 16.7. The Bertz CT molecular complexity index is 1170. The van der Waals surface area contributed by atoms with Crippen LogP contribution in [0.25, 0.3) is 0 Å². The van der Waals surface area contributed by atoms with Gasteiger partial charge in [-0.25, -0.2) is 4.79 Å². The summed E-state index contributed by atoms with van der Waals surface area (Å²) in [5.41, 5.74) is 4.61. The first-order chi connectivity index (χ1) is 19.6. The van der Waals surface area contributed by atoms with E-state index in [1.54, 1.807) is 24.3 Å². The van der Waals surface area contributed by atoms with Crippen LogP contribution in [0, 0.1) is 0 Å². The van der Waals surface area contributed by atoms with E-state index in [9.17, 15) is 4.79 Å². The summed E-state index contributed by atoms with van der Waals surface area (Å²) in [6.07, 6.45) is 2.81. The Kier molecular flexibility index (Phi) is 11.3. The highest BCUT2D eigenvalue weighted by Crippen LogP contribution is 2.23. The molecule has 2 unspecified atom stereocenters. The summed E-state index contributed by atoms with van der Waals surface area (Å²) < 4.78 is 22.9. The fourth-order valence-electron chi connectivity index (χ4n) is 4.53. The summed E-state index contributed by atoms with van der Waals surface area (Å²) in [6.45, 7) is 5.48. The molecular weight excluding hydrogens is 500 g/mol. The molecule has 5 heteroatoms. The van der Waals surface area contributed by atoms with E-state index < -0.39 is 6.16 Å². The minimum Gasteiger partial charge on any atom is -0.395 e. The molecule has 0 aliphatic rings. The van der Waals surface area contributed by atoms with Crippen molar-refractivity contribution in [1.82, 2.24) is 0 Å². The maximum atomic E-state index is 12.3. The van der Waals surface area contributed by atoms with Gasteiger partial charge in [0.1, 0.15) is 11.5 Å². The van der Waals surface area contributed by atoms with Crippen molar-refractivity contribution < 1.29 is 23.7 Å². The average Bonchev–Trinajstić information content (AvgIpc) is 3.00. The Morgan fingerprint density at radius 3 is 1.27 bits per heavy atom. The lowest BCUT2D eigenvalue weighted by Crippen LogP contribution is -2.13. The second kappa shape index (κ2) is 15.6. The second-order valence-corrected chi connectivity index (χ2v) is 9.60. The van der Waals surface area contributed by atoms with E-state index >= 15 is 0 Å². The molecule has 4 aromatic carbocycles. The molecule has 5 nitrogen and oxygen atoms in total. The largest absolute Gasteiger partial charge is 0.519 e. The highest BCUT2D eigenvalue weighted by molar-refractivity contribution is 5.67. The van der Waals surface area contributed by atoms with Crippen LogP contribution in [-0.2, 0) is 22.3 Å². The van der Waals surface area contributed by atoms with Crippen LogP contribution in [0.2, 0.25) is 0 Å². The quantitative estimate of drug-likeness (QED) is 0.119. The van der Waals surface area contributed by atoms with E-state index in [2.05, 4.69) is 38.1 Å². The Hall–Kier alpha value is -3.93. The van der Waals surface area contributed by atoms with Gasteiger partial charge >= 0.3 is 6.16 Å². The van der Waals surface area contributed by atoms with Crippen LogP contribution >= 0.6 is 0 Å². The van der Waals surface area contributed by atoms with Gasteiger partial charge in [-0.1, -0.05) is 98.8 Å². The van der Waals surface area contributed by atoms with E-state index in [4.69, 9.17) is 18.9 Å². The molecule has 0 fully saturated rings. The van der Waals surface area contributed by atoms with E-state index in [1.165, 1.54) is 11.1 Å². The van der Waals surface area contributed by atoms with Crippen molar-refractivity contribution in [1.29, 1.82) is 0 Å². The number of hydrogen-bond acceptors (Lipinski definition) is 5. The molecule has 0 aliphatic heterocycles. The Morgan fingerprint density at radius 2 is 0.925 bits per heavy atom. The molecule has 0 aliphatic carbocycles. The minimum absolute atomic E-state index is 0.0917. The predicted octanol–water partition coefficient (Wildman–Crippen LogP) is 8.69. The maximum absolute atomic E-state index is 12.3. The average molecular weight is 539 g/mol. The third-order valence-electron chi connectivity index (χ3n) is 6.75. The van der Waals surface area contributed by atoms with Crippen LogP contribution in [-0.4, -0.2) is 19.4 Å². The number of hydrogen-bond donors (Lipinski definition) is 0. The SMILES string of the molecule is CCC(OCCc1ccc(OC(=O)Oc2ccc(CCOC(CC)c3ccccc3)cc2)cc1)c1ccccc1. The van der Waals surface area contributed by atoms with Gasteiger partial charge in [0, 0.05) is 0 Å². The lowest BCUT2D eigenvalue weighted by molar-refractivity contribution is 0.0520. The number of benzene rings is 4. The normalized spacial score (nSPS) is 12.4. The Labute approximate surface area is 237 Å². The number of rotatable bonds is 14. The third-order valence-corrected chi connectivity index (χ3v) is 6.75. The summed E-state index contributed by atoms with van der Waals surface area (Å²) in [4.78, 5) is 12.3. The fourth-order valence-corrected chi connectivity index (χ4v) is 4.53. The van der Waals surface area contributed by atoms with Crippen LogP contribution in [0.1, 0.15) is 61.2 Å². The summed E-state index contributed by atoms with van der Waals surface area (Å²) in [5, 5.41) is 0. The number of carbonyl (C=O) groups excluding carboxylic acids is 1. The molecular formula is C35H38O5. The van der Waals surface area contributed by atoms with Crippen LogP contribution in [0.5, 0.6) is 11.5 Å². The van der Waals surface area contributed by atoms with Gasteiger partial charge < -0.3 is 18.9 Å². The molecule has 208 valence electrons. The van der Waals surface area contributed by atoms with Gasteiger partial charge in [0.25, 0.3) is 0 Å². The molecule has 2 atom stereocenters. The minimum atomic E-state index is -0.769. The van der Waals surface area contributed by atoms with Crippen molar-refractivity contribution in [2.45, 2.75) is 51.7 Å². The second-order valence-electron chi connectivity index (χ2n) is 9.60. The first-order valence-electron chi connectivity index (χ1n) is 14.0. The molecule has 0 radical (unpaired) electrons. The molecule has 0 aromatic heterocycles. The van der Waals surface area contributed by atoms with Crippen molar-refractivity contribution in [3.8, 4) is 11.5 Å². The molecule has 4 rings (SSSR count). The van der Waals surface area contributed by atoms with Crippen molar-refractivity contribution in [2.24, 2.45) is 0 Å². The molecule has 0 saturated carbocycles. The topological polar surface area (TPSA) is 54.0 Å². The van der Waals surface area contributed by atoms with Gasteiger partial charge in [-0.05, 0) is 72.2 Å². The lowest BCUT2D eigenvalue weighted by atomic mass is 10.1. The summed E-state index contributed by atoms with van der Waals surface area (Å²) in [5.74, 6) is 0.867. The van der Waals surface area contributed by atoms with E-state index in [1.807, 2.05) is 60.7 Å². The zero-order valence-corrected chi connectivity index (χ0v) is 23.3. The van der Waals surface area contributed by atoms with Crippen LogP contribution in [0.3, 0.4) is 0 Å². The van der Waals surface area contributed by atoms with Crippen molar-refractivity contribution >= 4 is 6.16 Å². The van der Waals surface area contributed by atoms with Crippen LogP contribution in [0.4, 0.5) is 4.79 Å². The standard InChI is InChI=1S/C35H38O5/c1-3-33(29-11-7-5-8-12-29)37-25-23-27-15-19-31(20-16-27)39-35(36)40-32-21-17-28(18-22-32)24-26-38-34(4-2)30-13-9-6-10-14-30/h5-22,33-34H,3-4,23-26H2,1-2H3. The Morgan fingerprint density at radius 1 is 0.550 bits per heavy atom. The molecule has 0 N–H and O–H groups in total. The zero-order valence-electron chi connectivity index (χ0n) is 23.3. The molecule has 0 amide bonds. The van der Waals surface area contributed by atoms with Gasteiger partial charge in [-0.3, -0.25) is 0 Å². The van der Waals surface area contributed by atoms with Gasteiger partial charge in [0.05, 0.1) is 25.4 Å². The van der Waals surface area contributed by atoms with E-state index in [0.717, 1.165) is 36.8 Å². The van der Waals surface area contributed by atoms with Gasteiger partial charge in [-0.2, -0.15) is 0 Å². The van der Waals surface area contributed by atoms with Crippen LogP contribution < -0.4 is 9.47 Å². The summed E-state index contributed by atoms with van der Waals surface area (Å²) >= 11 is 0. The molecule has 4 aromatic rings. The first kappa shape index (κ1) is 29.1. The number of ether oxygens (including phenoxy) is 4. The zero-order chi connectivity index (χ0) is 28.0. The maximum Gasteiger partial charge on any atom is 0.519 e. The monoisotopic (exact) mass is 538 g/mol. The molecule has 0 bridgehead atoms. The summed E-state index contributed by atoms with van der Waals surface area (Å²) in [7, 11) is 0. The van der Waals surface area contributed by atoms with Crippen LogP contribution in [0.15, 0.2) is 109 Å². The molecule has 0 saturated heterocycles. The summed E-state index contributed by atoms with van der Waals surface area (Å²) in [6, 6.07) is 35.4. The first-order valence-corrected chi connectivity index (χ1v) is 14.0. The van der Waals surface area contributed by atoms with Gasteiger partial charge in [-0.15, -0.1) is 0 Å². The van der Waals surface area contributed by atoms with Gasteiger partial charge in [0.15, 0.2) is 0 Å². The Balaban J connectivity index is 1.17. The lowest BCUT2D eigenvalue weighted by Gasteiger charge is -2.16. The van der Waals surface area contributed by atoms with E-state index in [-0.39, 0.29) is 12.2 Å².